The molecule has 1 aliphatic heterocycles. The fraction of sp³-hybridized carbons (Fsp3) is 0.280. The van der Waals surface area contributed by atoms with E-state index in [0.717, 1.165) is 5.56 Å². The van der Waals surface area contributed by atoms with E-state index in [1.54, 1.807) is 42.1 Å². The summed E-state index contributed by atoms with van der Waals surface area (Å²) in [5, 5.41) is 6.79. The van der Waals surface area contributed by atoms with E-state index in [4.69, 9.17) is 9.47 Å². The van der Waals surface area contributed by atoms with E-state index in [2.05, 4.69) is 10.4 Å². The van der Waals surface area contributed by atoms with E-state index in [1.807, 2.05) is 12.1 Å². The molecule has 2 aromatic carbocycles. The zero-order valence-corrected chi connectivity index (χ0v) is 19.4. The molecule has 0 saturated carbocycles. The molecule has 10 heteroatoms. The first-order chi connectivity index (χ1) is 16.8. The predicted molar refractivity (Wildman–Crippen MR) is 125 cm³/mol. The summed E-state index contributed by atoms with van der Waals surface area (Å²) in [6.07, 6.45) is 2.00. The number of anilines is 1. The topological polar surface area (TPSA) is 103 Å². The molecule has 0 unspecified atom stereocenters. The highest BCUT2D eigenvalue weighted by Gasteiger charge is 2.32. The standard InChI is InChI=1S/C25H25FN4O5/c1-3-34-24(32)19-11-28-29(14-19)13-17-4-6-18(7-5-17)22-9-8-20(10-23(22)26)30-15-21(35-25(30)33)12-27-16(2)31/h4-11,14,21H,3,12-13,15H2,1-2H3,(H,27,31)/t21-/m0/s1. The summed E-state index contributed by atoms with van der Waals surface area (Å²) in [6.45, 7) is 4.29. The first-order valence-corrected chi connectivity index (χ1v) is 11.1. The van der Waals surface area contributed by atoms with E-state index in [1.165, 1.54) is 24.1 Å². The maximum atomic E-state index is 15.0. The molecule has 1 N–H and O–H groups in total. The van der Waals surface area contributed by atoms with Gasteiger partial charge in [0.2, 0.25) is 5.91 Å². The number of rotatable bonds is 8. The highest BCUT2D eigenvalue weighted by molar-refractivity contribution is 5.90. The van der Waals surface area contributed by atoms with E-state index in [-0.39, 0.29) is 19.0 Å². The van der Waals surface area contributed by atoms with E-state index in [9.17, 15) is 18.8 Å². The summed E-state index contributed by atoms with van der Waals surface area (Å²) in [6, 6.07) is 11.9. The fourth-order valence-electron chi connectivity index (χ4n) is 3.75. The van der Waals surface area contributed by atoms with Crippen LogP contribution < -0.4 is 10.2 Å². The number of carbonyl (C=O) groups excluding carboxylic acids is 3. The molecule has 3 aromatic rings. The molecule has 1 saturated heterocycles. The largest absolute Gasteiger partial charge is 0.462 e. The Labute approximate surface area is 201 Å². The van der Waals surface area contributed by atoms with Gasteiger partial charge in [-0.2, -0.15) is 5.10 Å². The Bertz CT molecular complexity index is 1240. The van der Waals surface area contributed by atoms with Gasteiger partial charge in [0.25, 0.3) is 0 Å². The Balaban J connectivity index is 1.42. The van der Waals surface area contributed by atoms with Gasteiger partial charge in [0.15, 0.2) is 0 Å². The van der Waals surface area contributed by atoms with Crippen LogP contribution in [-0.2, 0) is 20.8 Å². The number of amides is 2. The molecule has 9 nitrogen and oxygen atoms in total. The van der Waals surface area contributed by atoms with Crippen LogP contribution in [0.3, 0.4) is 0 Å². The lowest BCUT2D eigenvalue weighted by molar-refractivity contribution is -0.119. The Morgan fingerprint density at radius 1 is 1.23 bits per heavy atom. The van der Waals surface area contributed by atoms with E-state index < -0.39 is 24.0 Å². The second-order valence-electron chi connectivity index (χ2n) is 8.06. The van der Waals surface area contributed by atoms with Crippen molar-refractivity contribution in [3.05, 3.63) is 71.8 Å². The van der Waals surface area contributed by atoms with Crippen molar-refractivity contribution < 1.29 is 28.2 Å². The van der Waals surface area contributed by atoms with Crippen LogP contribution in [-0.4, -0.2) is 53.6 Å². The summed E-state index contributed by atoms with van der Waals surface area (Å²) >= 11 is 0. The molecular formula is C25H25FN4O5. The van der Waals surface area contributed by atoms with Crippen molar-refractivity contribution in [3.63, 3.8) is 0 Å². The molecule has 2 heterocycles. The van der Waals surface area contributed by atoms with Gasteiger partial charge < -0.3 is 14.8 Å². The van der Waals surface area contributed by atoms with Crippen LogP contribution in [0, 0.1) is 5.82 Å². The van der Waals surface area contributed by atoms with Crippen molar-refractivity contribution in [2.24, 2.45) is 0 Å². The Kier molecular flexibility index (Phi) is 7.09. The van der Waals surface area contributed by atoms with Crippen LogP contribution in [0.2, 0.25) is 0 Å². The van der Waals surface area contributed by atoms with Gasteiger partial charge in [-0.05, 0) is 36.2 Å². The second-order valence-corrected chi connectivity index (χ2v) is 8.06. The van der Waals surface area contributed by atoms with Crippen LogP contribution in [0.25, 0.3) is 11.1 Å². The monoisotopic (exact) mass is 480 g/mol. The van der Waals surface area contributed by atoms with Gasteiger partial charge in [-0.15, -0.1) is 0 Å². The van der Waals surface area contributed by atoms with Crippen molar-refractivity contribution in [1.82, 2.24) is 15.1 Å². The number of esters is 1. The normalized spacial score (nSPS) is 15.1. The minimum atomic E-state index is -0.582. The number of hydrogen-bond donors (Lipinski definition) is 1. The quantitative estimate of drug-likeness (QED) is 0.496. The number of benzene rings is 2. The van der Waals surface area contributed by atoms with E-state index >= 15 is 0 Å². The summed E-state index contributed by atoms with van der Waals surface area (Å²) in [5.74, 6) is -1.11. The van der Waals surface area contributed by atoms with Crippen molar-refractivity contribution in [2.45, 2.75) is 26.5 Å². The zero-order valence-electron chi connectivity index (χ0n) is 19.4. The first kappa shape index (κ1) is 23.9. The number of halogens is 1. The number of carbonyl (C=O) groups is 3. The average Bonchev–Trinajstić information content (AvgIpc) is 3.45. The average molecular weight is 480 g/mol. The minimum Gasteiger partial charge on any atom is -0.462 e. The molecule has 0 spiro atoms. The molecule has 1 aliphatic rings. The maximum absolute atomic E-state index is 15.0. The molecule has 1 atom stereocenters. The summed E-state index contributed by atoms with van der Waals surface area (Å²) < 4.78 is 26.8. The van der Waals surface area contributed by atoms with Crippen molar-refractivity contribution in [3.8, 4) is 11.1 Å². The number of ether oxygens (including phenoxy) is 2. The van der Waals surface area contributed by atoms with Crippen LogP contribution in [0.15, 0.2) is 54.9 Å². The first-order valence-electron chi connectivity index (χ1n) is 11.1. The fourth-order valence-corrected chi connectivity index (χ4v) is 3.75. The Hall–Kier alpha value is -4.21. The molecule has 182 valence electrons. The molecule has 0 aliphatic carbocycles. The van der Waals surface area contributed by atoms with Gasteiger partial charge in [0, 0.05) is 18.7 Å². The summed E-state index contributed by atoms with van der Waals surface area (Å²) in [7, 11) is 0. The number of hydrogen-bond acceptors (Lipinski definition) is 6. The minimum absolute atomic E-state index is 0.202. The Morgan fingerprint density at radius 2 is 2.00 bits per heavy atom. The molecular weight excluding hydrogens is 455 g/mol. The van der Waals surface area contributed by atoms with Crippen molar-refractivity contribution in [1.29, 1.82) is 0 Å². The molecule has 0 radical (unpaired) electrons. The third-order valence-electron chi connectivity index (χ3n) is 5.47. The highest BCUT2D eigenvalue weighted by Crippen LogP contribution is 2.29. The van der Waals surface area contributed by atoms with Gasteiger partial charge in [0.05, 0.1) is 43.7 Å². The summed E-state index contributed by atoms with van der Waals surface area (Å²) in [5.41, 5.74) is 2.77. The molecule has 2 amide bonds. The van der Waals surface area contributed by atoms with Gasteiger partial charge in [-0.3, -0.25) is 14.4 Å². The lowest BCUT2D eigenvalue weighted by Crippen LogP contribution is -2.33. The molecule has 1 fully saturated rings. The van der Waals surface area contributed by atoms with Crippen LogP contribution in [0.1, 0.15) is 29.8 Å². The van der Waals surface area contributed by atoms with Gasteiger partial charge in [0.1, 0.15) is 11.9 Å². The third-order valence-corrected chi connectivity index (χ3v) is 5.47. The summed E-state index contributed by atoms with van der Waals surface area (Å²) in [4.78, 5) is 36.4. The SMILES string of the molecule is CCOC(=O)c1cnn(Cc2ccc(-c3ccc(N4C[C@H](CNC(C)=O)OC4=O)cc3F)cc2)c1. The van der Waals surface area contributed by atoms with Gasteiger partial charge in [-0.1, -0.05) is 24.3 Å². The maximum Gasteiger partial charge on any atom is 0.414 e. The number of nitrogens with zero attached hydrogens (tertiary/aromatic N) is 3. The van der Waals surface area contributed by atoms with Crippen LogP contribution >= 0.6 is 0 Å². The van der Waals surface area contributed by atoms with Crippen molar-refractivity contribution in [2.75, 3.05) is 24.6 Å². The lowest BCUT2D eigenvalue weighted by Gasteiger charge is -2.15. The second kappa shape index (κ2) is 10.4. The predicted octanol–water partition coefficient (Wildman–Crippen LogP) is 3.38. The van der Waals surface area contributed by atoms with Crippen LogP contribution in [0.4, 0.5) is 14.9 Å². The number of aromatic nitrogens is 2. The number of nitrogens with one attached hydrogen (secondary N) is 1. The molecule has 0 bridgehead atoms. The van der Waals surface area contributed by atoms with Gasteiger partial charge >= 0.3 is 12.1 Å². The molecule has 1 aromatic heterocycles. The third kappa shape index (κ3) is 5.65. The molecule has 4 rings (SSSR count). The Morgan fingerprint density at radius 3 is 2.69 bits per heavy atom. The van der Waals surface area contributed by atoms with Gasteiger partial charge in [-0.25, -0.2) is 14.0 Å². The smallest absolute Gasteiger partial charge is 0.414 e. The zero-order chi connectivity index (χ0) is 24.9. The van der Waals surface area contributed by atoms with Crippen molar-refractivity contribution >= 4 is 23.7 Å². The highest BCUT2D eigenvalue weighted by atomic mass is 19.1. The van der Waals surface area contributed by atoms with Crippen LogP contribution in [0.5, 0.6) is 0 Å². The van der Waals surface area contributed by atoms with E-state index in [0.29, 0.717) is 35.5 Å². The number of cyclic esters (lactones) is 1. The lowest BCUT2D eigenvalue weighted by atomic mass is 10.0. The molecule has 35 heavy (non-hydrogen) atoms.